The maximum atomic E-state index is 11.8. The minimum atomic E-state index is -0.945. The van der Waals surface area contributed by atoms with Gasteiger partial charge in [-0.1, -0.05) is 30.3 Å². The number of carbonyl (C=O) groups is 1. The molecule has 1 aliphatic rings. The Hall–Kier alpha value is -3.15. The van der Waals surface area contributed by atoms with E-state index < -0.39 is 5.97 Å². The topological polar surface area (TPSA) is 71.2 Å². The zero-order chi connectivity index (χ0) is 19.5. The van der Waals surface area contributed by atoms with E-state index in [0.717, 1.165) is 49.6 Å². The first kappa shape index (κ1) is 18.2. The lowest BCUT2D eigenvalue weighted by atomic mass is 9.96. The third-order valence-electron chi connectivity index (χ3n) is 5.35. The highest BCUT2D eigenvalue weighted by Gasteiger charge is 2.28. The molecule has 1 N–H and O–H groups in total. The van der Waals surface area contributed by atoms with Crippen molar-refractivity contribution in [1.82, 2.24) is 14.5 Å². The molecule has 0 radical (unpaired) electrons. The van der Waals surface area contributed by atoms with Crippen LogP contribution < -0.4 is 4.90 Å². The molecule has 0 bridgehead atoms. The van der Waals surface area contributed by atoms with E-state index in [1.54, 1.807) is 12.1 Å². The number of benzene rings is 1. The van der Waals surface area contributed by atoms with Crippen molar-refractivity contribution in [1.29, 1.82) is 0 Å². The lowest BCUT2D eigenvalue weighted by Gasteiger charge is -2.34. The summed E-state index contributed by atoms with van der Waals surface area (Å²) in [6.07, 6.45) is 5.88. The molecule has 28 heavy (non-hydrogen) atoms. The van der Waals surface area contributed by atoms with Crippen LogP contribution in [0.1, 0.15) is 41.9 Å². The predicted molar refractivity (Wildman–Crippen MR) is 109 cm³/mol. The fourth-order valence-electron chi connectivity index (χ4n) is 3.95. The highest BCUT2D eigenvalue weighted by atomic mass is 16.4. The number of imidazole rings is 1. The quantitative estimate of drug-likeness (QED) is 0.727. The minimum absolute atomic E-state index is 0.249. The Morgan fingerprint density at radius 1 is 1.21 bits per heavy atom. The second-order valence-corrected chi connectivity index (χ2v) is 7.10. The van der Waals surface area contributed by atoms with Gasteiger partial charge in [0.2, 0.25) is 0 Å². The Morgan fingerprint density at radius 2 is 2.04 bits per heavy atom. The molecule has 0 spiro atoms. The van der Waals surface area contributed by atoms with Gasteiger partial charge in [-0.25, -0.2) is 14.8 Å². The Kier molecular flexibility index (Phi) is 5.10. The van der Waals surface area contributed by atoms with Gasteiger partial charge in [-0.05, 0) is 31.9 Å². The molecule has 0 unspecified atom stereocenters. The van der Waals surface area contributed by atoms with Crippen molar-refractivity contribution in [3.05, 3.63) is 66.2 Å². The molecular weight excluding hydrogens is 352 g/mol. The lowest BCUT2D eigenvalue weighted by Crippen LogP contribution is -2.37. The van der Waals surface area contributed by atoms with Gasteiger partial charge in [0.1, 0.15) is 17.2 Å². The fraction of sp³-hybridized carbons (Fsp3) is 0.318. The summed E-state index contributed by atoms with van der Waals surface area (Å²) in [5.74, 6) is 0.947. The van der Waals surface area contributed by atoms with E-state index >= 15 is 0 Å². The summed E-state index contributed by atoms with van der Waals surface area (Å²) in [7, 11) is 0. The van der Waals surface area contributed by atoms with Crippen LogP contribution >= 0.6 is 0 Å². The molecule has 6 heteroatoms. The van der Waals surface area contributed by atoms with Gasteiger partial charge in [0.15, 0.2) is 0 Å². The molecule has 0 saturated carbocycles. The Bertz CT molecular complexity index is 968. The summed E-state index contributed by atoms with van der Waals surface area (Å²) in [4.78, 5) is 23.3. The van der Waals surface area contributed by atoms with Crippen LogP contribution in [0.25, 0.3) is 11.3 Å². The van der Waals surface area contributed by atoms with Crippen molar-refractivity contribution < 1.29 is 9.90 Å². The second kappa shape index (κ2) is 7.84. The van der Waals surface area contributed by atoms with E-state index in [4.69, 9.17) is 4.98 Å². The summed E-state index contributed by atoms with van der Waals surface area (Å²) < 4.78 is 2.17. The molecule has 1 atom stereocenters. The molecule has 2 aromatic heterocycles. The number of piperidine rings is 1. The molecule has 1 aromatic carbocycles. The number of carboxylic acids is 1. The van der Waals surface area contributed by atoms with Gasteiger partial charge in [0, 0.05) is 43.5 Å². The van der Waals surface area contributed by atoms with Crippen LogP contribution in [-0.2, 0) is 6.54 Å². The summed E-state index contributed by atoms with van der Waals surface area (Å²) in [6.45, 7) is 4.52. The Balaban J connectivity index is 1.69. The third kappa shape index (κ3) is 3.50. The first-order valence-corrected chi connectivity index (χ1v) is 9.73. The van der Waals surface area contributed by atoms with E-state index in [-0.39, 0.29) is 11.5 Å². The van der Waals surface area contributed by atoms with Crippen molar-refractivity contribution >= 4 is 11.8 Å². The van der Waals surface area contributed by atoms with Gasteiger partial charge in [0.25, 0.3) is 0 Å². The van der Waals surface area contributed by atoms with Crippen LogP contribution in [0.4, 0.5) is 5.82 Å². The maximum absolute atomic E-state index is 11.8. The SMILES string of the molecule is CCn1ccnc1[C@H]1CCCN(c2nc(-c3ccccc3)ccc2C(=O)O)C1. The number of rotatable bonds is 5. The summed E-state index contributed by atoms with van der Waals surface area (Å²) in [5, 5.41) is 9.71. The standard InChI is InChI=1S/C22H24N4O2/c1-2-25-14-12-23-20(25)17-9-6-13-26(15-17)21-18(22(27)28)10-11-19(24-21)16-7-4-3-5-8-16/h3-5,7-8,10-12,14,17H,2,6,9,13,15H2,1H3,(H,27,28)/t17-/m0/s1. The second-order valence-electron chi connectivity index (χ2n) is 7.10. The van der Waals surface area contributed by atoms with Crippen molar-refractivity contribution in [3.8, 4) is 11.3 Å². The number of pyridine rings is 1. The predicted octanol–water partition coefficient (Wildman–Crippen LogP) is 4.05. The lowest BCUT2D eigenvalue weighted by molar-refractivity contribution is 0.0697. The first-order valence-electron chi connectivity index (χ1n) is 9.73. The normalized spacial score (nSPS) is 16.9. The van der Waals surface area contributed by atoms with Crippen LogP contribution in [0.2, 0.25) is 0 Å². The number of nitrogens with zero attached hydrogens (tertiary/aromatic N) is 4. The molecule has 1 saturated heterocycles. The number of hydrogen-bond donors (Lipinski definition) is 1. The van der Waals surface area contributed by atoms with Gasteiger partial charge in [-0.15, -0.1) is 0 Å². The van der Waals surface area contributed by atoms with E-state index in [2.05, 4.69) is 21.4 Å². The average Bonchev–Trinajstić information content (AvgIpc) is 3.23. The third-order valence-corrected chi connectivity index (χ3v) is 5.35. The van der Waals surface area contributed by atoms with Crippen molar-refractivity contribution in [2.75, 3.05) is 18.0 Å². The number of aryl methyl sites for hydroxylation is 1. The van der Waals surface area contributed by atoms with Gasteiger partial charge in [-0.2, -0.15) is 0 Å². The molecule has 3 aromatic rings. The van der Waals surface area contributed by atoms with Gasteiger partial charge in [0.05, 0.1) is 5.69 Å². The summed E-state index contributed by atoms with van der Waals surface area (Å²) in [6, 6.07) is 13.3. The van der Waals surface area contributed by atoms with Crippen LogP contribution in [0.15, 0.2) is 54.9 Å². The van der Waals surface area contributed by atoms with Crippen molar-refractivity contribution in [2.24, 2.45) is 0 Å². The number of anilines is 1. The molecule has 6 nitrogen and oxygen atoms in total. The molecule has 0 amide bonds. The van der Waals surface area contributed by atoms with Crippen LogP contribution in [0.3, 0.4) is 0 Å². The zero-order valence-electron chi connectivity index (χ0n) is 16.0. The number of hydrogen-bond acceptors (Lipinski definition) is 4. The van der Waals surface area contributed by atoms with Gasteiger partial charge in [-0.3, -0.25) is 0 Å². The number of aromatic nitrogens is 3. The summed E-state index contributed by atoms with van der Waals surface area (Å²) in [5.41, 5.74) is 2.02. The smallest absolute Gasteiger partial charge is 0.339 e. The highest BCUT2D eigenvalue weighted by Crippen LogP contribution is 2.31. The molecule has 144 valence electrons. The minimum Gasteiger partial charge on any atom is -0.478 e. The van der Waals surface area contributed by atoms with Crippen molar-refractivity contribution in [3.63, 3.8) is 0 Å². The van der Waals surface area contributed by atoms with Crippen LogP contribution in [-0.4, -0.2) is 38.7 Å². The highest BCUT2D eigenvalue weighted by molar-refractivity contribution is 5.94. The van der Waals surface area contributed by atoms with Crippen LogP contribution in [0, 0.1) is 0 Å². The molecule has 0 aliphatic carbocycles. The Morgan fingerprint density at radius 3 is 2.79 bits per heavy atom. The molecule has 3 heterocycles. The zero-order valence-corrected chi connectivity index (χ0v) is 16.0. The van der Waals surface area contributed by atoms with E-state index in [1.165, 1.54) is 0 Å². The van der Waals surface area contributed by atoms with E-state index in [1.807, 2.05) is 42.7 Å². The van der Waals surface area contributed by atoms with Gasteiger partial charge >= 0.3 is 5.97 Å². The number of aromatic carboxylic acids is 1. The largest absolute Gasteiger partial charge is 0.478 e. The average molecular weight is 376 g/mol. The molecule has 4 rings (SSSR count). The Labute approximate surface area is 164 Å². The first-order chi connectivity index (χ1) is 13.7. The monoisotopic (exact) mass is 376 g/mol. The molecular formula is C22H24N4O2. The van der Waals surface area contributed by atoms with Gasteiger partial charge < -0.3 is 14.6 Å². The van der Waals surface area contributed by atoms with E-state index in [0.29, 0.717) is 5.82 Å². The van der Waals surface area contributed by atoms with E-state index in [9.17, 15) is 9.90 Å². The molecule has 1 fully saturated rings. The fourth-order valence-corrected chi connectivity index (χ4v) is 3.95. The number of carboxylic acid groups (broad SMARTS) is 1. The maximum Gasteiger partial charge on any atom is 0.339 e. The molecule has 1 aliphatic heterocycles. The van der Waals surface area contributed by atoms with Crippen molar-refractivity contribution in [2.45, 2.75) is 32.2 Å². The van der Waals surface area contributed by atoms with Crippen LogP contribution in [0.5, 0.6) is 0 Å². The summed E-state index contributed by atoms with van der Waals surface area (Å²) >= 11 is 0.